The summed E-state index contributed by atoms with van der Waals surface area (Å²) < 4.78 is 41.1. The second-order valence-electron chi connectivity index (χ2n) is 9.21. The Morgan fingerprint density at radius 2 is 1.81 bits per heavy atom. The average molecular weight is 389 g/mol. The topological polar surface area (TPSA) is 89.9 Å². The molecule has 0 amide bonds. The van der Waals surface area contributed by atoms with Gasteiger partial charge in [0.2, 0.25) is 0 Å². The molecular formula is C19H32O6S. The molecule has 3 fully saturated rings. The van der Waals surface area contributed by atoms with E-state index in [9.17, 15) is 13.2 Å². The number of methoxy groups -OCH3 is 1. The Bertz CT molecular complexity index is 661. The van der Waals surface area contributed by atoms with Crippen molar-refractivity contribution < 1.29 is 26.7 Å². The average Bonchev–Trinajstić information content (AvgIpc) is 2.56. The molecule has 0 aromatic rings. The Balaban J connectivity index is 1.77. The van der Waals surface area contributed by atoms with E-state index in [0.717, 1.165) is 32.1 Å². The fraction of sp³-hybridized carbons (Fsp3) is 0.947. The predicted molar refractivity (Wildman–Crippen MR) is 96.6 cm³/mol. The van der Waals surface area contributed by atoms with Crippen LogP contribution in [0.5, 0.6) is 0 Å². The van der Waals surface area contributed by atoms with Crippen LogP contribution in [-0.4, -0.2) is 32.2 Å². The van der Waals surface area contributed by atoms with Gasteiger partial charge in [-0.3, -0.25) is 9.35 Å². The first-order chi connectivity index (χ1) is 12.0. The van der Waals surface area contributed by atoms with Gasteiger partial charge < -0.3 is 4.74 Å². The second-order valence-corrected chi connectivity index (χ2v) is 10.3. The van der Waals surface area contributed by atoms with Crippen molar-refractivity contribution in [2.75, 3.05) is 7.11 Å². The van der Waals surface area contributed by atoms with E-state index in [2.05, 4.69) is 13.8 Å². The Morgan fingerprint density at radius 1 is 1.12 bits per heavy atom. The van der Waals surface area contributed by atoms with E-state index in [1.807, 2.05) is 6.92 Å². The molecule has 6 nitrogen and oxygen atoms in total. The predicted octanol–water partition coefficient (Wildman–Crippen LogP) is 3.62. The van der Waals surface area contributed by atoms with Crippen LogP contribution < -0.4 is 0 Å². The van der Waals surface area contributed by atoms with Gasteiger partial charge in [0, 0.05) is 0 Å². The summed E-state index contributed by atoms with van der Waals surface area (Å²) in [6.45, 7) is 6.58. The smallest absolute Gasteiger partial charge is 0.397 e. The Kier molecular flexibility index (Phi) is 5.21. The van der Waals surface area contributed by atoms with Gasteiger partial charge in [-0.1, -0.05) is 13.8 Å². The molecule has 7 heteroatoms. The van der Waals surface area contributed by atoms with E-state index in [1.54, 1.807) is 0 Å². The number of fused-ring (bicyclic) bond motifs is 3. The van der Waals surface area contributed by atoms with Crippen LogP contribution in [-0.2, 0) is 24.1 Å². The fourth-order valence-electron chi connectivity index (χ4n) is 6.48. The van der Waals surface area contributed by atoms with Crippen molar-refractivity contribution >= 4 is 16.4 Å². The van der Waals surface area contributed by atoms with Gasteiger partial charge in [-0.25, -0.2) is 4.18 Å². The quantitative estimate of drug-likeness (QED) is 0.587. The van der Waals surface area contributed by atoms with Crippen molar-refractivity contribution in [2.45, 2.75) is 71.8 Å². The summed E-state index contributed by atoms with van der Waals surface area (Å²) in [4.78, 5) is 12.4. The maximum atomic E-state index is 12.4. The molecule has 0 aliphatic heterocycles. The third-order valence-electron chi connectivity index (χ3n) is 8.23. The van der Waals surface area contributed by atoms with Gasteiger partial charge in [-0.2, -0.15) is 8.42 Å². The summed E-state index contributed by atoms with van der Waals surface area (Å²) in [7, 11) is -2.92. The first kappa shape index (κ1) is 20.1. The minimum absolute atomic E-state index is 0.0963. The number of hydrogen-bond acceptors (Lipinski definition) is 5. The summed E-state index contributed by atoms with van der Waals surface area (Å²) in [5.74, 6) is 1.62. The molecule has 0 aromatic heterocycles. The van der Waals surface area contributed by atoms with Crippen molar-refractivity contribution in [3.63, 3.8) is 0 Å². The lowest BCUT2D eigenvalue weighted by atomic mass is 9.45. The zero-order chi connectivity index (χ0) is 19.3. The molecule has 1 N–H and O–H groups in total. The van der Waals surface area contributed by atoms with E-state index in [4.69, 9.17) is 13.5 Å². The highest BCUT2D eigenvalue weighted by Crippen LogP contribution is 2.63. The van der Waals surface area contributed by atoms with E-state index >= 15 is 0 Å². The van der Waals surface area contributed by atoms with E-state index < -0.39 is 21.9 Å². The van der Waals surface area contributed by atoms with Crippen LogP contribution in [0.1, 0.15) is 65.7 Å². The summed E-state index contributed by atoms with van der Waals surface area (Å²) in [5.41, 5.74) is -0.266. The molecule has 0 unspecified atom stereocenters. The van der Waals surface area contributed by atoms with E-state index in [1.165, 1.54) is 7.11 Å². The molecule has 0 bridgehead atoms. The van der Waals surface area contributed by atoms with Crippen LogP contribution in [0.3, 0.4) is 0 Å². The maximum Gasteiger partial charge on any atom is 0.397 e. The lowest BCUT2D eigenvalue weighted by Gasteiger charge is -2.60. The summed E-state index contributed by atoms with van der Waals surface area (Å²) in [5, 5.41) is 0. The molecule has 150 valence electrons. The van der Waals surface area contributed by atoms with Gasteiger partial charge in [-0.05, 0) is 81.0 Å². The molecule has 0 saturated heterocycles. The standard InChI is InChI=1S/C19H32O6S/c1-12-15-6-5-13-11-14(25-26(21,22)23)7-9-19(13,3)16(15)8-10-18(12,2)17(20)24-4/h12-16H,5-11H2,1-4H3,(H,21,22,23)/t12-,13+,14+,15-,16-,18-,19-/m0/s1. The van der Waals surface area contributed by atoms with Gasteiger partial charge in [0.1, 0.15) is 0 Å². The summed E-state index contributed by atoms with van der Waals surface area (Å²) >= 11 is 0. The van der Waals surface area contributed by atoms with E-state index in [-0.39, 0.29) is 17.3 Å². The zero-order valence-electron chi connectivity index (χ0n) is 16.2. The van der Waals surface area contributed by atoms with Gasteiger partial charge in [0.15, 0.2) is 0 Å². The molecule has 0 radical (unpaired) electrons. The van der Waals surface area contributed by atoms with Crippen molar-refractivity contribution in [3.8, 4) is 0 Å². The highest BCUT2D eigenvalue weighted by molar-refractivity contribution is 7.80. The molecule has 26 heavy (non-hydrogen) atoms. The highest BCUT2D eigenvalue weighted by Gasteiger charge is 2.58. The minimum Gasteiger partial charge on any atom is -0.469 e. The zero-order valence-corrected chi connectivity index (χ0v) is 17.0. The Labute approximate surface area is 157 Å². The first-order valence-electron chi connectivity index (χ1n) is 9.75. The summed E-state index contributed by atoms with van der Waals surface area (Å²) in [6, 6.07) is 0. The second kappa shape index (κ2) is 6.74. The number of hydrogen-bond donors (Lipinski definition) is 1. The maximum absolute atomic E-state index is 12.4. The van der Waals surface area contributed by atoms with Gasteiger partial charge in [-0.15, -0.1) is 0 Å². The van der Waals surface area contributed by atoms with Crippen molar-refractivity contribution in [1.29, 1.82) is 0 Å². The number of rotatable bonds is 3. The molecule has 3 saturated carbocycles. The van der Waals surface area contributed by atoms with Crippen molar-refractivity contribution in [3.05, 3.63) is 0 Å². The number of ether oxygens (including phenoxy) is 1. The molecule has 3 rings (SSSR count). The molecule has 7 atom stereocenters. The number of carbonyl (C=O) groups is 1. The highest BCUT2D eigenvalue weighted by atomic mass is 32.3. The van der Waals surface area contributed by atoms with E-state index in [0.29, 0.717) is 30.6 Å². The normalized spacial score (nSPS) is 46.1. The van der Waals surface area contributed by atoms with Crippen LogP contribution in [0, 0.1) is 34.5 Å². The molecule has 0 spiro atoms. The molecule has 0 aromatic carbocycles. The Morgan fingerprint density at radius 3 is 2.42 bits per heavy atom. The minimum atomic E-state index is -4.39. The lowest BCUT2D eigenvalue weighted by molar-refractivity contribution is -0.170. The summed E-state index contributed by atoms with van der Waals surface area (Å²) in [6.07, 6.45) is 5.75. The number of carbonyl (C=O) groups excluding carboxylic acids is 1. The van der Waals surface area contributed by atoms with Gasteiger partial charge in [0.25, 0.3) is 0 Å². The lowest BCUT2D eigenvalue weighted by Crippen LogP contribution is -2.55. The molecule has 3 aliphatic rings. The van der Waals surface area contributed by atoms with Crippen LogP contribution >= 0.6 is 0 Å². The monoisotopic (exact) mass is 388 g/mol. The van der Waals surface area contributed by atoms with Gasteiger partial charge in [0.05, 0.1) is 18.6 Å². The largest absolute Gasteiger partial charge is 0.469 e. The fourth-order valence-corrected chi connectivity index (χ4v) is 7.00. The Hall–Kier alpha value is -0.660. The van der Waals surface area contributed by atoms with Crippen LogP contribution in [0.15, 0.2) is 0 Å². The van der Waals surface area contributed by atoms with Crippen LogP contribution in [0.25, 0.3) is 0 Å². The van der Waals surface area contributed by atoms with Gasteiger partial charge >= 0.3 is 16.4 Å². The van der Waals surface area contributed by atoms with Crippen LogP contribution in [0.4, 0.5) is 0 Å². The molecule has 0 heterocycles. The molecule has 3 aliphatic carbocycles. The van der Waals surface area contributed by atoms with Crippen LogP contribution in [0.2, 0.25) is 0 Å². The molecular weight excluding hydrogens is 356 g/mol. The first-order valence-corrected chi connectivity index (χ1v) is 11.1. The number of esters is 1. The van der Waals surface area contributed by atoms with Crippen molar-refractivity contribution in [2.24, 2.45) is 34.5 Å². The third-order valence-corrected chi connectivity index (χ3v) is 8.74. The third kappa shape index (κ3) is 3.31. The SMILES string of the molecule is COC(=O)[C@@]1(C)CC[C@H]2[C@@H](CC[C@@H]3C[C@H](OS(=O)(=O)O)CC[C@@]32C)[C@@H]1C. The van der Waals surface area contributed by atoms with Crippen molar-refractivity contribution in [1.82, 2.24) is 0 Å².